The van der Waals surface area contributed by atoms with Gasteiger partial charge in [0.15, 0.2) is 11.4 Å². The summed E-state index contributed by atoms with van der Waals surface area (Å²) in [5.74, 6) is 0. The molecule has 0 spiro atoms. The van der Waals surface area contributed by atoms with Gasteiger partial charge in [-0.2, -0.15) is 11.5 Å². The molecule has 40 valence electrons. The molecule has 0 atom stereocenters. The Morgan fingerprint density at radius 2 is 1.50 bits per heavy atom. The fourth-order valence-corrected chi connectivity index (χ4v) is 0.559. The van der Waals surface area contributed by atoms with E-state index in [4.69, 9.17) is 11.5 Å². The van der Waals surface area contributed by atoms with Gasteiger partial charge >= 0.3 is 0 Å². The van der Waals surface area contributed by atoms with Gasteiger partial charge in [0.25, 0.3) is 0 Å². The highest BCUT2D eigenvalue weighted by atomic mass is 14.6. The Kier molecular flexibility index (Phi) is 1.28. The molecule has 0 aliphatic carbocycles. The minimum atomic E-state index is 0.713. The van der Waals surface area contributed by atoms with Crippen molar-refractivity contribution in [1.82, 2.24) is 0 Å². The highest BCUT2D eigenvalue weighted by Crippen LogP contribution is 2.02. The molecule has 0 aromatic heterocycles. The summed E-state index contributed by atoms with van der Waals surface area (Å²) in [6.45, 7) is 0. The number of hydrogen-bond acceptors (Lipinski definition) is 2. The van der Waals surface area contributed by atoms with E-state index in [0.717, 1.165) is 0 Å². The Bertz CT molecular complexity index is 166. The van der Waals surface area contributed by atoms with Crippen molar-refractivity contribution in [1.29, 1.82) is 0 Å². The lowest BCUT2D eigenvalue weighted by Crippen LogP contribution is -2.43. The van der Waals surface area contributed by atoms with E-state index >= 15 is 0 Å². The van der Waals surface area contributed by atoms with Crippen LogP contribution in [0.5, 0.6) is 0 Å². The van der Waals surface area contributed by atoms with E-state index in [1.54, 1.807) is 18.2 Å². The smallest absolute Gasteiger partial charge is 0.160 e. The van der Waals surface area contributed by atoms with Gasteiger partial charge in [-0.25, -0.2) is 0 Å². The molecular weight excluding hydrogens is 100 g/mol. The van der Waals surface area contributed by atoms with E-state index < -0.39 is 0 Å². The monoisotopic (exact) mass is 108 g/mol. The third-order valence-electron chi connectivity index (χ3n) is 0.911. The minimum Gasteiger partial charge on any atom is -0.160 e. The first-order valence-electron chi connectivity index (χ1n) is 2.40. The highest BCUT2D eigenvalue weighted by molar-refractivity contribution is 5.39. The highest BCUT2D eigenvalue weighted by Gasteiger charge is 1.93. The maximum atomic E-state index is 5.38. The van der Waals surface area contributed by atoms with Gasteiger partial charge in [0.1, 0.15) is 0 Å². The van der Waals surface area contributed by atoms with Crippen molar-refractivity contribution >= 4 is 11.4 Å². The van der Waals surface area contributed by atoms with Crippen LogP contribution in [0, 0.1) is 0 Å². The van der Waals surface area contributed by atoms with Crippen molar-refractivity contribution in [2.24, 2.45) is 0 Å². The third-order valence-corrected chi connectivity index (χ3v) is 0.911. The molecule has 0 unspecified atom stereocenters. The standard InChI is InChI=1S/C6H8N2/c7-5-2-1-3-6(8)4-5/h1-4H,7-8H2/q+2. The molecule has 1 aromatic carbocycles. The summed E-state index contributed by atoms with van der Waals surface area (Å²) in [5.41, 5.74) is 12.2. The van der Waals surface area contributed by atoms with Gasteiger partial charge in [-0.3, -0.25) is 0 Å². The van der Waals surface area contributed by atoms with Crippen LogP contribution in [-0.2, 0) is 0 Å². The third kappa shape index (κ3) is 1.05. The van der Waals surface area contributed by atoms with Crippen LogP contribution in [0.4, 0.5) is 11.4 Å². The zero-order chi connectivity index (χ0) is 5.98. The summed E-state index contributed by atoms with van der Waals surface area (Å²) in [6.07, 6.45) is 0. The Balaban J connectivity index is 3.08. The second-order valence-corrected chi connectivity index (χ2v) is 1.67. The molecule has 0 fully saturated rings. The molecule has 1 aromatic rings. The summed E-state index contributed by atoms with van der Waals surface area (Å²) in [6, 6.07) is 7.15. The van der Waals surface area contributed by atoms with E-state index in [0.29, 0.717) is 11.4 Å². The van der Waals surface area contributed by atoms with Gasteiger partial charge in [-0.1, -0.05) is 6.07 Å². The molecule has 2 nitrogen and oxygen atoms in total. The summed E-state index contributed by atoms with van der Waals surface area (Å²) in [5, 5.41) is 0. The zero-order valence-electron chi connectivity index (χ0n) is 4.46. The lowest BCUT2D eigenvalue weighted by atomic mass is 10.3. The minimum absolute atomic E-state index is 0.713. The van der Waals surface area contributed by atoms with Crippen molar-refractivity contribution in [3.05, 3.63) is 24.3 Å². The number of nitrogens with two attached hydrogens (primary N) is 2. The Hall–Kier alpha value is -0.860. The fourth-order valence-electron chi connectivity index (χ4n) is 0.559. The van der Waals surface area contributed by atoms with E-state index in [1.165, 1.54) is 0 Å². The van der Waals surface area contributed by atoms with Crippen LogP contribution in [0.15, 0.2) is 24.3 Å². The topological polar surface area (TPSA) is 50.6 Å². The van der Waals surface area contributed by atoms with Gasteiger partial charge in [-0.05, 0) is 0 Å². The van der Waals surface area contributed by atoms with Crippen molar-refractivity contribution in [3.63, 3.8) is 0 Å². The van der Waals surface area contributed by atoms with Gasteiger partial charge in [0.2, 0.25) is 0 Å². The average molecular weight is 108 g/mol. The van der Waals surface area contributed by atoms with Crippen molar-refractivity contribution in [2.45, 2.75) is 0 Å². The maximum Gasteiger partial charge on any atom is 0.183 e. The van der Waals surface area contributed by atoms with Crippen molar-refractivity contribution in [3.8, 4) is 0 Å². The van der Waals surface area contributed by atoms with E-state index in [9.17, 15) is 0 Å². The summed E-state index contributed by atoms with van der Waals surface area (Å²) in [4.78, 5) is 0. The van der Waals surface area contributed by atoms with Crippen LogP contribution in [0.2, 0.25) is 0 Å². The molecule has 0 bridgehead atoms. The molecule has 0 aliphatic rings. The van der Waals surface area contributed by atoms with Gasteiger partial charge in [0.05, 0.1) is 6.07 Å². The molecule has 0 saturated carbocycles. The predicted molar refractivity (Wildman–Crippen MR) is 29.6 cm³/mol. The summed E-state index contributed by atoms with van der Waals surface area (Å²) >= 11 is 0. The molecule has 1 rings (SSSR count). The van der Waals surface area contributed by atoms with Crippen LogP contribution in [0.3, 0.4) is 0 Å². The van der Waals surface area contributed by atoms with Gasteiger partial charge in [-0.15, -0.1) is 0 Å². The van der Waals surface area contributed by atoms with Crippen molar-refractivity contribution < 1.29 is 11.5 Å². The lowest BCUT2D eigenvalue weighted by Gasteiger charge is -1.79. The normalized spacial score (nSPS) is 9.25. The van der Waals surface area contributed by atoms with E-state index in [-0.39, 0.29) is 0 Å². The Labute approximate surface area is 48.1 Å². The van der Waals surface area contributed by atoms with Crippen LogP contribution in [0.25, 0.3) is 0 Å². The van der Waals surface area contributed by atoms with Crippen LogP contribution in [-0.4, -0.2) is 0 Å². The van der Waals surface area contributed by atoms with Crippen LogP contribution in [0.1, 0.15) is 0 Å². The van der Waals surface area contributed by atoms with E-state index in [1.807, 2.05) is 6.07 Å². The SMILES string of the molecule is [NH2+]c1cccc([NH2+])c1. The van der Waals surface area contributed by atoms with Crippen LogP contribution < -0.4 is 11.5 Å². The first-order valence-corrected chi connectivity index (χ1v) is 2.40. The zero-order valence-corrected chi connectivity index (χ0v) is 4.46. The quantitative estimate of drug-likeness (QED) is 0.401. The number of anilines is 2. The molecular formula is C6H8N2+2. The molecule has 8 heavy (non-hydrogen) atoms. The second kappa shape index (κ2) is 1.94. The summed E-state index contributed by atoms with van der Waals surface area (Å²) in [7, 11) is 0. The molecule has 2 heteroatoms. The molecule has 0 saturated heterocycles. The number of hydrogen-bond donors (Lipinski definition) is 2. The van der Waals surface area contributed by atoms with E-state index in [2.05, 4.69) is 0 Å². The largest absolute Gasteiger partial charge is 0.183 e. The molecule has 0 aliphatic heterocycles. The Morgan fingerprint density at radius 1 is 1.00 bits per heavy atom. The lowest BCUT2D eigenvalue weighted by molar-refractivity contribution is -0.265. The first-order chi connectivity index (χ1) is 3.79. The predicted octanol–water partition coefficient (Wildman–Crippen LogP) is -0.995. The maximum absolute atomic E-state index is 5.38. The number of rotatable bonds is 0. The van der Waals surface area contributed by atoms with Crippen LogP contribution >= 0.6 is 0 Å². The molecule has 2 radical (unpaired) electrons. The molecule has 0 heterocycles. The van der Waals surface area contributed by atoms with Crippen molar-refractivity contribution in [2.75, 3.05) is 0 Å². The van der Waals surface area contributed by atoms with Gasteiger partial charge < -0.3 is 0 Å². The Morgan fingerprint density at radius 3 is 1.75 bits per heavy atom. The molecule has 4 N–H and O–H groups in total. The second-order valence-electron chi connectivity index (χ2n) is 1.67. The molecule has 0 amide bonds. The average Bonchev–Trinajstić information content (AvgIpc) is 1.64. The first kappa shape index (κ1) is 5.28. The van der Waals surface area contributed by atoms with Gasteiger partial charge in [0, 0.05) is 12.1 Å². The summed E-state index contributed by atoms with van der Waals surface area (Å²) < 4.78 is 0. The number of benzene rings is 1. The number of nitrogen functional groups attached to an aromatic ring is 2. The fraction of sp³-hybridized carbons (Fsp3) is 0.